The van der Waals surface area contributed by atoms with E-state index >= 15 is 0 Å². The number of ether oxygens (including phenoxy) is 2. The summed E-state index contributed by atoms with van der Waals surface area (Å²) in [6.45, 7) is 4.18. The number of aromatic nitrogens is 2. The Hall–Kier alpha value is -2.93. The topological polar surface area (TPSA) is 158 Å². The molecule has 1 saturated heterocycles. The zero-order valence-electron chi connectivity index (χ0n) is 21.9. The summed E-state index contributed by atoms with van der Waals surface area (Å²) in [6, 6.07) is 12.3. The number of aliphatic hydroxyl groups excluding tert-OH is 1. The van der Waals surface area contributed by atoms with Crippen LogP contribution >= 0.6 is 19.3 Å². The van der Waals surface area contributed by atoms with Gasteiger partial charge in [0.05, 0.1) is 23.6 Å². The van der Waals surface area contributed by atoms with E-state index in [2.05, 4.69) is 10.1 Å². The van der Waals surface area contributed by atoms with E-state index in [-0.39, 0.29) is 5.75 Å². The lowest BCUT2D eigenvalue weighted by Gasteiger charge is -2.27. The summed E-state index contributed by atoms with van der Waals surface area (Å²) in [5.41, 5.74) is -1.52. The Morgan fingerprint density at radius 2 is 1.93 bits per heavy atom. The van der Waals surface area contributed by atoms with Gasteiger partial charge in [0.1, 0.15) is 25.7 Å². The van der Waals surface area contributed by atoms with Crippen molar-refractivity contribution in [2.45, 2.75) is 56.1 Å². The molecule has 1 aliphatic heterocycles. The smallest absolute Gasteiger partial charge is 0.459 e. The fourth-order valence-electron chi connectivity index (χ4n) is 4.09. The number of fused-ring (bicyclic) bond motifs is 1. The Labute approximate surface area is 235 Å². The number of nitrogens with one attached hydrogen (secondary N) is 2. The van der Waals surface area contributed by atoms with Crippen LogP contribution in [-0.2, 0) is 23.4 Å². The number of benzene rings is 2. The average Bonchev–Trinajstić information content (AvgIpc) is 3.11. The first-order valence-corrected chi connectivity index (χ1v) is 14.3. The molecule has 0 saturated carbocycles. The molecule has 40 heavy (non-hydrogen) atoms. The van der Waals surface area contributed by atoms with E-state index in [1.54, 1.807) is 38.1 Å². The van der Waals surface area contributed by atoms with E-state index in [1.165, 1.54) is 6.92 Å². The minimum atomic E-state index is -4.37. The third-order valence-electron chi connectivity index (χ3n) is 6.03. The van der Waals surface area contributed by atoms with Crippen LogP contribution in [0.2, 0.25) is 0 Å². The first-order chi connectivity index (χ1) is 18.8. The number of aliphatic hydroxyl groups is 1. The van der Waals surface area contributed by atoms with Gasteiger partial charge in [0.15, 0.2) is 6.23 Å². The molecule has 0 aliphatic carbocycles. The van der Waals surface area contributed by atoms with Crippen molar-refractivity contribution in [3.8, 4) is 5.75 Å². The average molecular weight is 592 g/mol. The zero-order valence-corrected chi connectivity index (χ0v) is 23.5. The summed E-state index contributed by atoms with van der Waals surface area (Å²) < 4.78 is 35.3. The summed E-state index contributed by atoms with van der Waals surface area (Å²) in [5, 5.41) is 14.8. The summed E-state index contributed by atoms with van der Waals surface area (Å²) in [5.74, 6) is -0.494. The van der Waals surface area contributed by atoms with Crippen molar-refractivity contribution in [2.75, 3.05) is 6.61 Å². The summed E-state index contributed by atoms with van der Waals surface area (Å²) in [7, 11) is 1.72. The molecule has 15 heteroatoms. The minimum Gasteiger partial charge on any atom is -0.462 e. The van der Waals surface area contributed by atoms with Crippen molar-refractivity contribution >= 4 is 43.9 Å². The third-order valence-corrected chi connectivity index (χ3v) is 8.07. The van der Waals surface area contributed by atoms with Crippen LogP contribution < -0.4 is 20.9 Å². The fraction of sp³-hybridized carbons (Fsp3) is 0.400. The highest BCUT2D eigenvalue weighted by Crippen LogP contribution is 2.48. The molecule has 1 fully saturated rings. The number of aromatic amines is 1. The number of halogens is 1. The van der Waals surface area contributed by atoms with Crippen molar-refractivity contribution in [2.24, 2.45) is 0 Å². The minimum absolute atomic E-state index is 0.203. The van der Waals surface area contributed by atoms with Crippen molar-refractivity contribution in [3.05, 3.63) is 75.6 Å². The number of rotatable bonds is 10. The Kier molecular flexibility index (Phi) is 8.94. The molecule has 2 heterocycles. The molecule has 2 radical (unpaired) electrons. The number of hydrogen-bond donors (Lipinski definition) is 3. The predicted molar refractivity (Wildman–Crippen MR) is 148 cm³/mol. The first kappa shape index (κ1) is 30.0. The second kappa shape index (κ2) is 11.9. The number of nitrogens with zero attached hydrogens (tertiary/aromatic N) is 1. The number of hydrogen-bond acceptors (Lipinski definition) is 9. The van der Waals surface area contributed by atoms with Crippen LogP contribution in [0.25, 0.3) is 10.8 Å². The SMILES string of the molecule is [B][C@]1(Cl)[C@H](O)[C@@H](CO[P@@](=O)(N[C@@H](C)C(=O)OC(C)C)Oc2cccc3ccccc23)O[C@H]1n1ccc(=O)[nH]c1=O. The van der Waals surface area contributed by atoms with Gasteiger partial charge in [-0.1, -0.05) is 36.4 Å². The Morgan fingerprint density at radius 3 is 2.62 bits per heavy atom. The number of carbonyl (C=O) groups is 1. The second-order valence-electron chi connectivity index (χ2n) is 9.51. The predicted octanol–water partition coefficient (Wildman–Crippen LogP) is 2.19. The molecule has 12 nitrogen and oxygen atoms in total. The monoisotopic (exact) mass is 591 g/mol. The van der Waals surface area contributed by atoms with E-state index < -0.39 is 66.9 Å². The Morgan fingerprint density at radius 1 is 1.23 bits per heavy atom. The Balaban J connectivity index is 1.60. The summed E-state index contributed by atoms with van der Waals surface area (Å²) >= 11 is 6.36. The molecule has 0 bridgehead atoms. The number of esters is 1. The van der Waals surface area contributed by atoms with Gasteiger partial charge in [-0.05, 0) is 32.2 Å². The van der Waals surface area contributed by atoms with Crippen LogP contribution in [0.3, 0.4) is 0 Å². The molecule has 212 valence electrons. The molecule has 3 N–H and O–H groups in total. The van der Waals surface area contributed by atoms with Crippen LogP contribution in [-0.4, -0.2) is 64.2 Å². The molecule has 0 unspecified atom stereocenters. The first-order valence-electron chi connectivity index (χ1n) is 12.3. The molecule has 1 aliphatic rings. The largest absolute Gasteiger partial charge is 0.462 e. The standard InChI is InChI=1S/C25H28BClN3O9P/c1-14(2)37-22(33)15(3)29-40(35,39-18-10-6-8-16-7-4-5-9-17(16)18)36-13-19-21(32)25(26,27)23(38-19)30-12-11-20(31)28-24(30)34/h4-12,14-15,19,21,23,32H,13H2,1-3H3,(H,29,35)(H,28,31,34)/t15-,19+,21+,23+,25-,40-/m0/s1. The molecule has 2 aromatic carbocycles. The number of carbonyl (C=O) groups excluding carboxylic acids is 1. The summed E-state index contributed by atoms with van der Waals surface area (Å²) in [6.07, 6.45) is -3.65. The number of H-pyrrole nitrogens is 1. The van der Waals surface area contributed by atoms with Gasteiger partial charge < -0.3 is 19.1 Å². The van der Waals surface area contributed by atoms with Gasteiger partial charge in [-0.2, -0.15) is 5.09 Å². The maximum absolute atomic E-state index is 14.0. The normalized spacial score (nSPS) is 25.0. The molecule has 0 amide bonds. The maximum atomic E-state index is 14.0. The van der Waals surface area contributed by atoms with E-state index in [4.69, 9.17) is 38.0 Å². The zero-order chi connectivity index (χ0) is 29.2. The highest BCUT2D eigenvalue weighted by molar-refractivity contribution is 7.52. The molecule has 4 rings (SSSR count). The van der Waals surface area contributed by atoms with Gasteiger partial charge in [-0.25, -0.2) is 9.36 Å². The van der Waals surface area contributed by atoms with Gasteiger partial charge in [0.2, 0.25) is 0 Å². The van der Waals surface area contributed by atoms with Gasteiger partial charge in [-0.15, -0.1) is 11.6 Å². The van der Waals surface area contributed by atoms with Gasteiger partial charge in [0.25, 0.3) is 5.56 Å². The van der Waals surface area contributed by atoms with Crippen molar-refractivity contribution < 1.29 is 33.0 Å². The molecule has 3 aromatic rings. The van der Waals surface area contributed by atoms with Gasteiger partial charge >= 0.3 is 19.4 Å². The van der Waals surface area contributed by atoms with Crippen LogP contribution in [0.4, 0.5) is 0 Å². The highest BCUT2D eigenvalue weighted by atomic mass is 35.5. The molecular weight excluding hydrogens is 564 g/mol. The van der Waals surface area contributed by atoms with Crippen LogP contribution in [0.5, 0.6) is 5.75 Å². The Bertz CT molecular complexity index is 1540. The van der Waals surface area contributed by atoms with E-state index in [1.807, 2.05) is 18.2 Å². The molecule has 6 atom stereocenters. The third kappa shape index (κ3) is 6.51. The maximum Gasteiger partial charge on any atom is 0.459 e. The molecular formula is C25H28BClN3O9P. The quantitative estimate of drug-likeness (QED) is 0.138. The van der Waals surface area contributed by atoms with Crippen LogP contribution in [0, 0.1) is 0 Å². The van der Waals surface area contributed by atoms with E-state index in [0.29, 0.717) is 5.39 Å². The van der Waals surface area contributed by atoms with Gasteiger partial charge in [0, 0.05) is 17.6 Å². The molecule has 1 aromatic heterocycles. The van der Waals surface area contributed by atoms with Gasteiger partial charge in [-0.3, -0.25) is 23.7 Å². The van der Waals surface area contributed by atoms with Crippen molar-refractivity contribution in [3.63, 3.8) is 0 Å². The van der Waals surface area contributed by atoms with E-state index in [0.717, 1.165) is 22.2 Å². The van der Waals surface area contributed by atoms with Crippen molar-refractivity contribution in [1.29, 1.82) is 0 Å². The van der Waals surface area contributed by atoms with Crippen LogP contribution in [0.1, 0.15) is 27.0 Å². The summed E-state index contributed by atoms with van der Waals surface area (Å²) in [4.78, 5) is 38.3. The second-order valence-corrected chi connectivity index (χ2v) is 11.9. The number of alkyl halides is 1. The highest BCUT2D eigenvalue weighted by Gasteiger charge is 2.53. The van der Waals surface area contributed by atoms with Crippen molar-refractivity contribution in [1.82, 2.24) is 14.6 Å². The lowest BCUT2D eigenvalue weighted by Crippen LogP contribution is -2.45. The lowest BCUT2D eigenvalue weighted by molar-refractivity contribution is -0.149. The van der Waals surface area contributed by atoms with Crippen LogP contribution in [0.15, 0.2) is 64.3 Å². The molecule has 0 spiro atoms. The lowest BCUT2D eigenvalue weighted by atomic mass is 9.79. The van der Waals surface area contributed by atoms with E-state index in [9.17, 15) is 24.1 Å². The fourth-order valence-corrected chi connectivity index (χ4v) is 5.91.